The maximum absolute atomic E-state index is 6.50. The zero-order valence-corrected chi connectivity index (χ0v) is 24.8. The van der Waals surface area contributed by atoms with Crippen molar-refractivity contribution in [2.45, 2.75) is 38.9 Å². The van der Waals surface area contributed by atoms with E-state index in [1.165, 1.54) is 0 Å². The van der Waals surface area contributed by atoms with Gasteiger partial charge in [0.2, 0.25) is 0 Å². The van der Waals surface area contributed by atoms with Crippen molar-refractivity contribution in [2.24, 2.45) is 4.99 Å². The molecule has 0 saturated carbocycles. The topological polar surface area (TPSA) is 55.4 Å². The van der Waals surface area contributed by atoms with E-state index >= 15 is 0 Å². The van der Waals surface area contributed by atoms with Gasteiger partial charge in [-0.2, -0.15) is 0 Å². The predicted octanol–water partition coefficient (Wildman–Crippen LogP) is 5.79. The second-order valence-electron chi connectivity index (χ2n) is 10.3. The van der Waals surface area contributed by atoms with Gasteiger partial charge in [0.05, 0.1) is 10.7 Å². The van der Waals surface area contributed by atoms with Crippen LogP contribution in [0.5, 0.6) is 0 Å². The molecule has 1 aromatic rings. The van der Waals surface area contributed by atoms with Crippen LogP contribution in [0.3, 0.4) is 0 Å². The summed E-state index contributed by atoms with van der Waals surface area (Å²) in [7, 11) is 4.06. The van der Waals surface area contributed by atoms with Gasteiger partial charge in [-0.05, 0) is 43.0 Å². The normalized spacial score (nSPS) is 20.2. The summed E-state index contributed by atoms with van der Waals surface area (Å²) in [6.07, 6.45) is 18.3. The second kappa shape index (κ2) is 14.8. The number of anilines is 1. The Kier molecular flexibility index (Phi) is 11.0. The van der Waals surface area contributed by atoms with E-state index < -0.39 is 0 Å². The lowest BCUT2D eigenvalue weighted by atomic mass is 10.2. The van der Waals surface area contributed by atoms with E-state index in [1.807, 2.05) is 44.4 Å². The van der Waals surface area contributed by atoms with E-state index in [0.717, 1.165) is 91.3 Å². The molecule has 4 rings (SSSR count). The first-order valence-corrected chi connectivity index (χ1v) is 14.6. The predicted molar refractivity (Wildman–Crippen MR) is 168 cm³/mol. The molecule has 214 valence electrons. The molecule has 1 fully saturated rings. The quantitative estimate of drug-likeness (QED) is 0.352. The van der Waals surface area contributed by atoms with E-state index in [1.54, 1.807) is 0 Å². The highest BCUT2D eigenvalue weighted by Crippen LogP contribution is 2.26. The Morgan fingerprint density at radius 2 is 2.08 bits per heavy atom. The molecule has 0 bridgehead atoms. The number of amidine groups is 1. The van der Waals surface area contributed by atoms with Gasteiger partial charge in [0.1, 0.15) is 24.0 Å². The molecule has 0 amide bonds. The first-order valence-electron chi connectivity index (χ1n) is 14.2. The minimum absolute atomic E-state index is 0.167. The van der Waals surface area contributed by atoms with Crippen molar-refractivity contribution in [3.05, 3.63) is 101 Å². The van der Waals surface area contributed by atoms with Crippen LogP contribution >= 0.6 is 11.6 Å². The van der Waals surface area contributed by atoms with Crippen LogP contribution in [0, 0.1) is 0 Å². The standard InChI is InChI=1S/C32H43ClN6O/c1-5-7-13-25(6-2)24-40-27-15-9-8-14-26(22-27)34-30-23-31(37(3)4)36-32(35-30)39-19-12-18-38(20-21-39)29-17-11-10-16-28(29)33/h6,9-11,13-17,22-23,32,34-35H,2,5,7-8,12,18-21,24H2,1,3-4H3/b25-13+. The zero-order valence-electron chi connectivity index (χ0n) is 24.1. The molecule has 1 unspecified atom stereocenters. The SMILES string of the molecule is C=C/C(=C\CCC)COC1=CC(NC2=CC(N(C)C)=NC(N3CCCN(c4ccccc4Cl)CC3)N2)=CCC=C1. The minimum Gasteiger partial charge on any atom is -0.489 e. The molecule has 2 aliphatic heterocycles. The fourth-order valence-corrected chi connectivity index (χ4v) is 5.05. The number of hydrogen-bond acceptors (Lipinski definition) is 7. The number of hydrogen-bond donors (Lipinski definition) is 2. The number of benzene rings is 1. The smallest absolute Gasteiger partial charge is 0.179 e. The third kappa shape index (κ3) is 8.29. The van der Waals surface area contributed by atoms with Crippen molar-refractivity contribution in [1.29, 1.82) is 0 Å². The van der Waals surface area contributed by atoms with Crippen LogP contribution in [0.25, 0.3) is 0 Å². The maximum atomic E-state index is 6.50. The molecule has 2 N–H and O–H groups in total. The van der Waals surface area contributed by atoms with Gasteiger partial charge in [0, 0.05) is 58.1 Å². The molecule has 0 aromatic heterocycles. The lowest BCUT2D eigenvalue weighted by Crippen LogP contribution is -2.51. The largest absolute Gasteiger partial charge is 0.489 e. The fourth-order valence-electron chi connectivity index (χ4n) is 4.79. The summed E-state index contributed by atoms with van der Waals surface area (Å²) in [5, 5.41) is 8.02. The molecule has 1 saturated heterocycles. The van der Waals surface area contributed by atoms with Crippen molar-refractivity contribution in [3.63, 3.8) is 0 Å². The Hall–Kier alpha value is -3.42. The number of nitrogens with one attached hydrogen (secondary N) is 2. The maximum Gasteiger partial charge on any atom is 0.179 e. The minimum atomic E-state index is -0.167. The molecule has 2 heterocycles. The van der Waals surface area contributed by atoms with Gasteiger partial charge in [0.15, 0.2) is 6.29 Å². The van der Waals surface area contributed by atoms with Crippen LogP contribution in [0.1, 0.15) is 32.6 Å². The average Bonchev–Trinajstić information content (AvgIpc) is 3.34. The van der Waals surface area contributed by atoms with Gasteiger partial charge in [0.25, 0.3) is 0 Å². The van der Waals surface area contributed by atoms with Gasteiger partial charge in [-0.1, -0.05) is 68.0 Å². The van der Waals surface area contributed by atoms with Crippen LogP contribution in [0.2, 0.25) is 5.02 Å². The summed E-state index contributed by atoms with van der Waals surface area (Å²) in [5.74, 6) is 2.65. The lowest BCUT2D eigenvalue weighted by Gasteiger charge is -2.34. The Bertz CT molecular complexity index is 1210. The van der Waals surface area contributed by atoms with Crippen molar-refractivity contribution in [2.75, 3.05) is 51.8 Å². The summed E-state index contributed by atoms with van der Waals surface area (Å²) in [6, 6.07) is 8.09. The zero-order chi connectivity index (χ0) is 28.3. The van der Waals surface area contributed by atoms with E-state index in [9.17, 15) is 0 Å². The Morgan fingerprint density at radius 3 is 2.85 bits per heavy atom. The number of ether oxygens (including phenoxy) is 1. The Labute approximate surface area is 244 Å². The van der Waals surface area contributed by atoms with E-state index in [0.29, 0.717) is 6.61 Å². The van der Waals surface area contributed by atoms with E-state index in [2.05, 4.69) is 75.3 Å². The number of para-hydroxylation sites is 1. The van der Waals surface area contributed by atoms with Crippen molar-refractivity contribution < 1.29 is 4.74 Å². The van der Waals surface area contributed by atoms with E-state index in [-0.39, 0.29) is 6.29 Å². The van der Waals surface area contributed by atoms with Crippen LogP contribution in [-0.4, -0.2) is 68.8 Å². The number of unbranched alkanes of at least 4 members (excludes halogenated alkanes) is 1. The Balaban J connectivity index is 1.43. The molecule has 0 spiro atoms. The summed E-state index contributed by atoms with van der Waals surface area (Å²) in [4.78, 5) is 11.9. The van der Waals surface area contributed by atoms with Gasteiger partial charge < -0.3 is 25.2 Å². The third-order valence-corrected chi connectivity index (χ3v) is 7.36. The fraction of sp³-hybridized carbons (Fsp3) is 0.406. The number of halogens is 1. The van der Waals surface area contributed by atoms with Crippen LogP contribution in [0.4, 0.5) is 5.69 Å². The molecule has 1 atom stereocenters. The number of nitrogens with zero attached hydrogens (tertiary/aromatic N) is 4. The first-order chi connectivity index (χ1) is 19.5. The first kappa shape index (κ1) is 29.6. The lowest BCUT2D eigenvalue weighted by molar-refractivity contribution is 0.188. The highest BCUT2D eigenvalue weighted by molar-refractivity contribution is 6.33. The molecular weight excluding hydrogens is 520 g/mol. The average molecular weight is 563 g/mol. The summed E-state index contributed by atoms with van der Waals surface area (Å²) in [5.41, 5.74) is 3.19. The Morgan fingerprint density at radius 1 is 1.23 bits per heavy atom. The molecule has 8 heteroatoms. The van der Waals surface area contributed by atoms with Gasteiger partial charge in [-0.25, -0.2) is 4.99 Å². The molecule has 0 radical (unpaired) electrons. The molecule has 40 heavy (non-hydrogen) atoms. The van der Waals surface area contributed by atoms with Gasteiger partial charge in [-0.15, -0.1) is 0 Å². The second-order valence-corrected chi connectivity index (χ2v) is 10.7. The summed E-state index contributed by atoms with van der Waals surface area (Å²) in [6.45, 7) is 10.3. The molecule has 1 aliphatic carbocycles. The summed E-state index contributed by atoms with van der Waals surface area (Å²) < 4.78 is 6.14. The number of rotatable bonds is 10. The van der Waals surface area contributed by atoms with Crippen molar-refractivity contribution in [1.82, 2.24) is 20.4 Å². The van der Waals surface area contributed by atoms with E-state index in [4.69, 9.17) is 21.3 Å². The van der Waals surface area contributed by atoms with Crippen molar-refractivity contribution >= 4 is 23.1 Å². The number of likely N-dealkylation sites (N-methyl/N-ethyl adjacent to an activating group) is 1. The third-order valence-electron chi connectivity index (χ3n) is 7.04. The highest BCUT2D eigenvalue weighted by atomic mass is 35.5. The molecular formula is C32H43ClN6O. The van der Waals surface area contributed by atoms with Crippen LogP contribution < -0.4 is 15.5 Å². The van der Waals surface area contributed by atoms with Gasteiger partial charge >= 0.3 is 0 Å². The molecule has 3 aliphatic rings. The number of allylic oxidation sites excluding steroid dienone is 5. The number of aliphatic imine (C=N–C) groups is 1. The monoisotopic (exact) mass is 562 g/mol. The summed E-state index contributed by atoms with van der Waals surface area (Å²) >= 11 is 6.50. The highest BCUT2D eigenvalue weighted by Gasteiger charge is 2.26. The van der Waals surface area contributed by atoms with Crippen LogP contribution in [-0.2, 0) is 4.74 Å². The van der Waals surface area contributed by atoms with Crippen LogP contribution in [0.15, 0.2) is 101 Å². The van der Waals surface area contributed by atoms with Crippen molar-refractivity contribution in [3.8, 4) is 0 Å². The molecule has 7 nitrogen and oxygen atoms in total. The van der Waals surface area contributed by atoms with Gasteiger partial charge in [-0.3, -0.25) is 4.90 Å². The molecule has 1 aromatic carbocycles.